The molecule has 2 rings (SSSR count). The molecule has 2 heteroatoms. The molecule has 76 valence electrons. The minimum atomic E-state index is 0.839. The van der Waals surface area contributed by atoms with E-state index in [9.17, 15) is 0 Å². The topological polar surface area (TPSA) is 12.0 Å². The van der Waals surface area contributed by atoms with Gasteiger partial charge in [-0.25, -0.2) is 0 Å². The van der Waals surface area contributed by atoms with Crippen LogP contribution in [0.15, 0.2) is 0 Å². The van der Waals surface area contributed by atoms with Crippen LogP contribution in [-0.4, -0.2) is 24.1 Å². The van der Waals surface area contributed by atoms with Crippen LogP contribution in [0.4, 0.5) is 0 Å². The number of hydrogen-bond acceptors (Lipinski definition) is 2. The molecule has 0 radical (unpaired) electrons. The summed E-state index contributed by atoms with van der Waals surface area (Å²) in [5, 5.41) is 3.69. The predicted molar refractivity (Wildman–Crippen MR) is 60.3 cm³/mol. The minimum Gasteiger partial charge on any atom is -0.313 e. The van der Waals surface area contributed by atoms with Gasteiger partial charge in [0.05, 0.1) is 0 Å². The summed E-state index contributed by atoms with van der Waals surface area (Å²) in [7, 11) is 0. The van der Waals surface area contributed by atoms with Gasteiger partial charge in [0.2, 0.25) is 0 Å². The van der Waals surface area contributed by atoms with E-state index >= 15 is 0 Å². The zero-order valence-electron chi connectivity index (χ0n) is 8.43. The lowest BCUT2D eigenvalue weighted by atomic mass is 10.0. The highest BCUT2D eigenvalue weighted by Gasteiger charge is 2.17. The Morgan fingerprint density at radius 1 is 1.15 bits per heavy atom. The highest BCUT2D eigenvalue weighted by molar-refractivity contribution is 7.99. The summed E-state index contributed by atoms with van der Waals surface area (Å²) in [6.45, 7) is 1.27. The zero-order chi connectivity index (χ0) is 8.93. The maximum atomic E-state index is 3.69. The molecule has 1 aliphatic heterocycles. The van der Waals surface area contributed by atoms with Crippen LogP contribution in [-0.2, 0) is 0 Å². The lowest BCUT2D eigenvalue weighted by Crippen LogP contribution is -2.30. The molecule has 0 aromatic rings. The molecule has 1 unspecified atom stereocenters. The number of hydrogen-bond donors (Lipinski definition) is 1. The zero-order valence-corrected chi connectivity index (χ0v) is 9.24. The molecule has 1 aliphatic carbocycles. The van der Waals surface area contributed by atoms with Crippen molar-refractivity contribution in [2.75, 3.05) is 18.1 Å². The summed E-state index contributed by atoms with van der Waals surface area (Å²) in [6.07, 6.45) is 8.81. The van der Waals surface area contributed by atoms with Crippen LogP contribution in [0.1, 0.15) is 38.5 Å². The molecule has 0 amide bonds. The average molecular weight is 199 g/mol. The summed E-state index contributed by atoms with van der Waals surface area (Å²) < 4.78 is 0. The molecule has 0 spiro atoms. The molecule has 0 aromatic carbocycles. The van der Waals surface area contributed by atoms with Crippen molar-refractivity contribution >= 4 is 11.8 Å². The molecular formula is C11H21NS. The van der Waals surface area contributed by atoms with Gasteiger partial charge in [-0.3, -0.25) is 0 Å². The average Bonchev–Trinajstić information content (AvgIpc) is 2.75. The highest BCUT2D eigenvalue weighted by Crippen LogP contribution is 2.27. The van der Waals surface area contributed by atoms with E-state index < -0.39 is 0 Å². The number of thioether (sulfide) groups is 1. The van der Waals surface area contributed by atoms with E-state index in [0.29, 0.717) is 0 Å². The molecular weight excluding hydrogens is 178 g/mol. The third-order valence-electron chi connectivity index (χ3n) is 3.39. The summed E-state index contributed by atoms with van der Waals surface area (Å²) in [6, 6.07) is 0.839. The lowest BCUT2D eigenvalue weighted by Gasteiger charge is -2.13. The third kappa shape index (κ3) is 3.17. The van der Waals surface area contributed by atoms with Crippen LogP contribution in [0.3, 0.4) is 0 Å². The largest absolute Gasteiger partial charge is 0.313 e. The van der Waals surface area contributed by atoms with E-state index in [0.717, 1.165) is 12.0 Å². The fourth-order valence-electron chi connectivity index (χ4n) is 2.49. The van der Waals surface area contributed by atoms with Crippen LogP contribution in [0.2, 0.25) is 0 Å². The first-order valence-corrected chi connectivity index (χ1v) is 6.92. The first-order valence-electron chi connectivity index (χ1n) is 5.76. The quantitative estimate of drug-likeness (QED) is 0.747. The van der Waals surface area contributed by atoms with Gasteiger partial charge in [0.1, 0.15) is 0 Å². The molecule has 1 N–H and O–H groups in total. The predicted octanol–water partition coefficient (Wildman–Crippen LogP) is 2.66. The van der Waals surface area contributed by atoms with Crippen molar-refractivity contribution in [2.24, 2.45) is 5.92 Å². The maximum absolute atomic E-state index is 3.69. The molecule has 2 fully saturated rings. The molecule has 1 heterocycles. The Hall–Kier alpha value is 0.310. The first kappa shape index (κ1) is 9.85. The highest BCUT2D eigenvalue weighted by atomic mass is 32.2. The van der Waals surface area contributed by atoms with Crippen molar-refractivity contribution in [3.05, 3.63) is 0 Å². The normalized spacial score (nSPS) is 30.0. The molecule has 0 aromatic heterocycles. The van der Waals surface area contributed by atoms with Gasteiger partial charge >= 0.3 is 0 Å². The van der Waals surface area contributed by atoms with E-state index in [2.05, 4.69) is 17.1 Å². The van der Waals surface area contributed by atoms with Gasteiger partial charge in [-0.05, 0) is 31.1 Å². The SMILES string of the molecule is C1CCC(CCNC2CCSC2)C1. The van der Waals surface area contributed by atoms with E-state index in [1.165, 1.54) is 56.6 Å². The number of rotatable bonds is 4. The van der Waals surface area contributed by atoms with Gasteiger partial charge in [0, 0.05) is 11.8 Å². The van der Waals surface area contributed by atoms with Crippen molar-refractivity contribution in [1.29, 1.82) is 0 Å². The van der Waals surface area contributed by atoms with Crippen LogP contribution in [0.5, 0.6) is 0 Å². The summed E-state index contributed by atoms with van der Waals surface area (Å²) >= 11 is 2.10. The van der Waals surface area contributed by atoms with Gasteiger partial charge in [-0.15, -0.1) is 0 Å². The van der Waals surface area contributed by atoms with Gasteiger partial charge in [0.25, 0.3) is 0 Å². The summed E-state index contributed by atoms with van der Waals surface area (Å²) in [5.41, 5.74) is 0. The molecule has 0 bridgehead atoms. The lowest BCUT2D eigenvalue weighted by molar-refractivity contribution is 0.452. The maximum Gasteiger partial charge on any atom is 0.0166 e. The van der Waals surface area contributed by atoms with Crippen LogP contribution in [0, 0.1) is 5.92 Å². The molecule has 1 nitrogen and oxygen atoms in total. The minimum absolute atomic E-state index is 0.839. The van der Waals surface area contributed by atoms with Crippen LogP contribution >= 0.6 is 11.8 Å². The second-order valence-electron chi connectivity index (χ2n) is 4.45. The Labute approximate surface area is 86.0 Å². The van der Waals surface area contributed by atoms with Crippen molar-refractivity contribution in [2.45, 2.75) is 44.6 Å². The van der Waals surface area contributed by atoms with E-state index in [1.807, 2.05) is 0 Å². The molecule has 2 aliphatic rings. The summed E-state index contributed by atoms with van der Waals surface area (Å²) in [4.78, 5) is 0. The summed E-state index contributed by atoms with van der Waals surface area (Å²) in [5.74, 6) is 3.78. The van der Waals surface area contributed by atoms with Gasteiger partial charge in [-0.1, -0.05) is 25.7 Å². The monoisotopic (exact) mass is 199 g/mol. The molecule has 1 saturated carbocycles. The van der Waals surface area contributed by atoms with Crippen molar-refractivity contribution < 1.29 is 0 Å². The second-order valence-corrected chi connectivity index (χ2v) is 5.60. The molecule has 1 saturated heterocycles. The van der Waals surface area contributed by atoms with E-state index in [4.69, 9.17) is 0 Å². The van der Waals surface area contributed by atoms with Crippen LogP contribution in [0.25, 0.3) is 0 Å². The van der Waals surface area contributed by atoms with E-state index in [1.54, 1.807) is 0 Å². The van der Waals surface area contributed by atoms with Crippen molar-refractivity contribution in [3.8, 4) is 0 Å². The second kappa shape index (κ2) is 5.26. The molecule has 1 atom stereocenters. The molecule has 13 heavy (non-hydrogen) atoms. The standard InChI is InChI=1S/C11H21NS/c1-2-4-10(3-1)5-7-12-11-6-8-13-9-11/h10-12H,1-9H2. The Balaban J connectivity index is 1.52. The smallest absolute Gasteiger partial charge is 0.0166 e. The van der Waals surface area contributed by atoms with E-state index in [-0.39, 0.29) is 0 Å². The van der Waals surface area contributed by atoms with Crippen molar-refractivity contribution in [1.82, 2.24) is 5.32 Å². The third-order valence-corrected chi connectivity index (χ3v) is 4.55. The van der Waals surface area contributed by atoms with Gasteiger partial charge in [0.15, 0.2) is 0 Å². The Bertz CT molecular complexity index is 121. The number of nitrogens with one attached hydrogen (secondary N) is 1. The fourth-order valence-corrected chi connectivity index (χ4v) is 3.67. The Kier molecular flexibility index (Phi) is 3.98. The van der Waals surface area contributed by atoms with Gasteiger partial charge < -0.3 is 5.32 Å². The van der Waals surface area contributed by atoms with Gasteiger partial charge in [-0.2, -0.15) is 11.8 Å². The van der Waals surface area contributed by atoms with Crippen molar-refractivity contribution in [3.63, 3.8) is 0 Å². The van der Waals surface area contributed by atoms with Crippen LogP contribution < -0.4 is 5.32 Å². The fraction of sp³-hybridized carbons (Fsp3) is 1.00. The Morgan fingerprint density at radius 2 is 2.00 bits per heavy atom. The Morgan fingerprint density at radius 3 is 2.69 bits per heavy atom. The first-order chi connectivity index (χ1) is 6.45.